The van der Waals surface area contributed by atoms with Crippen molar-refractivity contribution in [3.05, 3.63) is 59.2 Å². The second-order valence-corrected chi connectivity index (χ2v) is 10.8. The van der Waals surface area contributed by atoms with Gasteiger partial charge in [-0.1, -0.05) is 0 Å². The highest BCUT2D eigenvalue weighted by molar-refractivity contribution is 6.07. The van der Waals surface area contributed by atoms with Gasteiger partial charge in [-0.2, -0.15) is 0 Å². The molecule has 0 radical (unpaired) electrons. The van der Waals surface area contributed by atoms with Crippen molar-refractivity contribution < 1.29 is 23.2 Å². The van der Waals surface area contributed by atoms with E-state index in [0.717, 1.165) is 57.1 Å². The van der Waals surface area contributed by atoms with Crippen molar-refractivity contribution in [1.82, 2.24) is 10.2 Å². The Kier molecular flexibility index (Phi) is 8.11. The summed E-state index contributed by atoms with van der Waals surface area (Å²) in [5.74, 6) is -2.66. The molecule has 4 N–H and O–H groups in total. The number of benzene rings is 2. The molecular formula is C29H35F2N5O3. The third-order valence-corrected chi connectivity index (χ3v) is 7.87. The van der Waals surface area contributed by atoms with Crippen molar-refractivity contribution in [3.63, 3.8) is 0 Å². The Balaban J connectivity index is 1.37. The fourth-order valence-electron chi connectivity index (χ4n) is 5.38. The molecule has 1 aliphatic heterocycles. The number of nitrogens with two attached hydrogens (primary N) is 1. The van der Waals surface area contributed by atoms with Gasteiger partial charge in [0.15, 0.2) is 11.6 Å². The van der Waals surface area contributed by atoms with Crippen LogP contribution in [0.1, 0.15) is 65.7 Å². The third-order valence-electron chi connectivity index (χ3n) is 7.87. The predicted octanol–water partition coefficient (Wildman–Crippen LogP) is 3.67. The van der Waals surface area contributed by atoms with Gasteiger partial charge in [0.05, 0.1) is 11.4 Å². The topological polar surface area (TPSA) is 108 Å². The van der Waals surface area contributed by atoms with Crippen LogP contribution in [0.25, 0.3) is 0 Å². The van der Waals surface area contributed by atoms with Crippen molar-refractivity contribution in [2.24, 2.45) is 11.7 Å². The number of carbonyl (C=O) groups excluding carboxylic acids is 3. The van der Waals surface area contributed by atoms with E-state index in [-0.39, 0.29) is 35.4 Å². The van der Waals surface area contributed by atoms with E-state index in [1.807, 2.05) is 4.90 Å². The number of hydrogen-bond donors (Lipinski definition) is 3. The summed E-state index contributed by atoms with van der Waals surface area (Å²) >= 11 is 0. The number of rotatable bonds is 6. The van der Waals surface area contributed by atoms with Gasteiger partial charge < -0.3 is 26.2 Å². The van der Waals surface area contributed by atoms with E-state index in [2.05, 4.69) is 15.5 Å². The molecule has 2 aromatic rings. The normalized spacial score (nSPS) is 21.7. The van der Waals surface area contributed by atoms with Gasteiger partial charge in [0.1, 0.15) is 0 Å². The van der Waals surface area contributed by atoms with Crippen LogP contribution in [0.3, 0.4) is 0 Å². The first-order chi connectivity index (χ1) is 18.8. The predicted molar refractivity (Wildman–Crippen MR) is 145 cm³/mol. The molecule has 208 valence electrons. The van der Waals surface area contributed by atoms with Crippen LogP contribution in [0.5, 0.6) is 0 Å². The molecule has 0 aromatic heterocycles. The van der Waals surface area contributed by atoms with Gasteiger partial charge in [0.25, 0.3) is 11.8 Å². The zero-order chi connectivity index (χ0) is 27.5. The van der Waals surface area contributed by atoms with E-state index in [9.17, 15) is 23.2 Å². The first-order valence-electron chi connectivity index (χ1n) is 13.8. The van der Waals surface area contributed by atoms with E-state index in [4.69, 9.17) is 5.73 Å². The third kappa shape index (κ3) is 6.55. The zero-order valence-corrected chi connectivity index (χ0v) is 21.9. The van der Waals surface area contributed by atoms with Gasteiger partial charge in [-0.05, 0) is 81.3 Å². The van der Waals surface area contributed by atoms with Crippen molar-refractivity contribution in [2.45, 2.75) is 57.0 Å². The fraction of sp³-hybridized carbons (Fsp3) is 0.483. The Hall–Kier alpha value is -3.53. The maximum atomic E-state index is 13.8. The van der Waals surface area contributed by atoms with Gasteiger partial charge in [-0.25, -0.2) is 8.78 Å². The Morgan fingerprint density at radius 3 is 2.23 bits per heavy atom. The number of amides is 3. The van der Waals surface area contributed by atoms with Crippen molar-refractivity contribution >= 4 is 29.1 Å². The molecule has 5 rings (SSSR count). The van der Waals surface area contributed by atoms with Crippen LogP contribution in [0.4, 0.5) is 20.2 Å². The van der Waals surface area contributed by atoms with Crippen LogP contribution in [0.15, 0.2) is 36.4 Å². The lowest BCUT2D eigenvalue weighted by molar-refractivity contribution is -0.132. The monoisotopic (exact) mass is 539 g/mol. The Labute approximate surface area is 226 Å². The molecule has 0 unspecified atom stereocenters. The zero-order valence-electron chi connectivity index (χ0n) is 21.9. The highest BCUT2D eigenvalue weighted by Crippen LogP contribution is 2.33. The summed E-state index contributed by atoms with van der Waals surface area (Å²) in [6.45, 7) is 2.47. The summed E-state index contributed by atoms with van der Waals surface area (Å²) in [7, 11) is 0. The molecule has 3 fully saturated rings. The van der Waals surface area contributed by atoms with Crippen molar-refractivity contribution in [3.8, 4) is 0 Å². The minimum Gasteiger partial charge on any atom is -0.368 e. The largest absolute Gasteiger partial charge is 0.368 e. The Morgan fingerprint density at radius 1 is 0.795 bits per heavy atom. The van der Waals surface area contributed by atoms with Gasteiger partial charge in [0.2, 0.25) is 5.91 Å². The van der Waals surface area contributed by atoms with Crippen LogP contribution >= 0.6 is 0 Å². The molecule has 3 aliphatic rings. The summed E-state index contributed by atoms with van der Waals surface area (Å²) < 4.78 is 27.3. The van der Waals surface area contributed by atoms with Gasteiger partial charge in [0, 0.05) is 55.3 Å². The van der Waals surface area contributed by atoms with Crippen LogP contribution in [0, 0.1) is 17.6 Å². The summed E-state index contributed by atoms with van der Waals surface area (Å²) in [4.78, 5) is 42.8. The average Bonchev–Trinajstić information content (AvgIpc) is 3.79. The lowest BCUT2D eigenvalue weighted by Crippen LogP contribution is -2.40. The molecule has 2 aliphatic carbocycles. The van der Waals surface area contributed by atoms with E-state index in [1.165, 1.54) is 6.07 Å². The first-order valence-corrected chi connectivity index (χ1v) is 13.8. The van der Waals surface area contributed by atoms with E-state index in [1.54, 1.807) is 18.2 Å². The smallest absolute Gasteiger partial charge is 0.255 e. The lowest BCUT2D eigenvalue weighted by atomic mass is 9.91. The molecule has 1 heterocycles. The molecule has 0 atom stereocenters. The molecule has 39 heavy (non-hydrogen) atoms. The molecule has 3 amide bonds. The quantitative estimate of drug-likeness (QED) is 0.519. The van der Waals surface area contributed by atoms with Crippen LogP contribution < -0.4 is 21.3 Å². The number of anilines is 2. The second kappa shape index (κ2) is 11.7. The Morgan fingerprint density at radius 2 is 1.51 bits per heavy atom. The van der Waals surface area contributed by atoms with E-state index < -0.39 is 17.5 Å². The SMILES string of the molecule is NC1CCC(NC(=O)c2ccc(N3CCCN(C(=O)C4CC4)CC3)c(NC(=O)c3ccc(F)c(F)c3)c2)CC1. The lowest BCUT2D eigenvalue weighted by Gasteiger charge is -2.28. The minimum absolute atomic E-state index is 0.0367. The number of nitrogens with one attached hydrogen (secondary N) is 2. The van der Waals surface area contributed by atoms with Crippen LogP contribution in [-0.2, 0) is 4.79 Å². The molecule has 2 saturated carbocycles. The van der Waals surface area contributed by atoms with Gasteiger partial charge in [-0.15, -0.1) is 0 Å². The minimum atomic E-state index is -1.11. The van der Waals surface area contributed by atoms with E-state index in [0.29, 0.717) is 43.1 Å². The highest BCUT2D eigenvalue weighted by atomic mass is 19.2. The molecular weight excluding hydrogens is 504 g/mol. The number of halogens is 2. The molecule has 8 nitrogen and oxygen atoms in total. The van der Waals surface area contributed by atoms with E-state index >= 15 is 0 Å². The molecule has 2 aromatic carbocycles. The summed E-state index contributed by atoms with van der Waals surface area (Å²) in [5.41, 5.74) is 7.43. The summed E-state index contributed by atoms with van der Waals surface area (Å²) in [5, 5.41) is 5.88. The van der Waals surface area contributed by atoms with Crippen molar-refractivity contribution in [2.75, 3.05) is 36.4 Å². The maximum Gasteiger partial charge on any atom is 0.255 e. The summed E-state index contributed by atoms with van der Waals surface area (Å²) in [6, 6.07) is 8.32. The van der Waals surface area contributed by atoms with Gasteiger partial charge in [-0.3, -0.25) is 14.4 Å². The fourth-order valence-corrected chi connectivity index (χ4v) is 5.38. The number of nitrogens with zero attached hydrogens (tertiary/aromatic N) is 2. The average molecular weight is 540 g/mol. The van der Waals surface area contributed by atoms with Crippen LogP contribution in [0.2, 0.25) is 0 Å². The standard InChI is InChI=1S/C29H35F2N5O3/c30-23-10-4-19(16-24(23)31)28(38)34-25-17-20(27(37)33-22-8-6-21(32)7-9-22)5-11-26(25)35-12-1-13-36(15-14-35)29(39)18-2-3-18/h4-5,10-11,16-18,21-22H,1-3,6-9,12-15,32H2,(H,33,37)(H,34,38). The Bertz CT molecular complexity index is 1240. The first kappa shape index (κ1) is 27.1. The van der Waals surface area contributed by atoms with Crippen molar-refractivity contribution in [1.29, 1.82) is 0 Å². The second-order valence-electron chi connectivity index (χ2n) is 10.8. The molecule has 10 heteroatoms. The summed E-state index contributed by atoms with van der Waals surface area (Å²) in [6.07, 6.45) is 6.01. The van der Waals surface area contributed by atoms with Crippen LogP contribution in [-0.4, -0.2) is 60.9 Å². The molecule has 0 bridgehead atoms. The van der Waals surface area contributed by atoms with Gasteiger partial charge >= 0.3 is 0 Å². The highest BCUT2D eigenvalue weighted by Gasteiger charge is 2.34. The molecule has 0 spiro atoms. The molecule has 1 saturated heterocycles. The number of hydrogen-bond acceptors (Lipinski definition) is 5. The number of carbonyl (C=O) groups is 3. The maximum absolute atomic E-state index is 13.8.